The molecule has 0 atom stereocenters. The van der Waals surface area contributed by atoms with Gasteiger partial charge in [-0.1, -0.05) is 41.6 Å². The van der Waals surface area contributed by atoms with E-state index < -0.39 is 0 Å². The minimum atomic E-state index is -0.143. The van der Waals surface area contributed by atoms with Gasteiger partial charge >= 0.3 is 0 Å². The van der Waals surface area contributed by atoms with Gasteiger partial charge in [-0.05, 0) is 49.2 Å². The summed E-state index contributed by atoms with van der Waals surface area (Å²) in [6.07, 6.45) is 0. The first-order chi connectivity index (χ1) is 13.0. The molecule has 1 amide bonds. The molecule has 0 fully saturated rings. The Morgan fingerprint density at radius 2 is 2.00 bits per heavy atom. The van der Waals surface area contributed by atoms with Crippen LogP contribution in [0.2, 0.25) is 5.02 Å². The zero-order chi connectivity index (χ0) is 19.2. The quantitative estimate of drug-likeness (QED) is 0.578. The molecule has 3 aromatic rings. The summed E-state index contributed by atoms with van der Waals surface area (Å²) in [6, 6.07) is 12.9. The highest BCUT2D eigenvalue weighted by molar-refractivity contribution is 7.99. The van der Waals surface area contributed by atoms with Crippen LogP contribution in [0.5, 0.6) is 5.75 Å². The average Bonchev–Trinajstić information content (AvgIpc) is 3.10. The van der Waals surface area contributed by atoms with Crippen LogP contribution in [0.15, 0.2) is 52.1 Å². The molecule has 0 unspecified atom stereocenters. The van der Waals surface area contributed by atoms with E-state index in [0.717, 1.165) is 11.3 Å². The van der Waals surface area contributed by atoms with Crippen molar-refractivity contribution in [3.63, 3.8) is 0 Å². The maximum absolute atomic E-state index is 12.1. The van der Waals surface area contributed by atoms with Crippen molar-refractivity contribution in [3.05, 3.63) is 64.5 Å². The Bertz CT molecular complexity index is 945. The van der Waals surface area contributed by atoms with Gasteiger partial charge in [-0.25, -0.2) is 0 Å². The van der Waals surface area contributed by atoms with Gasteiger partial charge in [-0.3, -0.25) is 4.79 Å². The van der Waals surface area contributed by atoms with Gasteiger partial charge in [0.2, 0.25) is 5.91 Å². The molecule has 27 heavy (non-hydrogen) atoms. The smallest absolute Gasteiger partial charge is 0.277 e. The lowest BCUT2D eigenvalue weighted by atomic mass is 10.1. The molecule has 0 aliphatic carbocycles. The number of nitrogens with zero attached hydrogens (tertiary/aromatic N) is 2. The topological polar surface area (TPSA) is 77.2 Å². The molecule has 0 aliphatic heterocycles. The number of anilines is 1. The van der Waals surface area contributed by atoms with E-state index in [1.165, 1.54) is 17.3 Å². The molecule has 1 aromatic heterocycles. The summed E-state index contributed by atoms with van der Waals surface area (Å²) in [5.41, 5.74) is 3.07. The maximum atomic E-state index is 12.1. The van der Waals surface area contributed by atoms with Crippen LogP contribution in [0.1, 0.15) is 17.0 Å². The Morgan fingerprint density at radius 3 is 2.78 bits per heavy atom. The van der Waals surface area contributed by atoms with E-state index in [9.17, 15) is 4.79 Å². The van der Waals surface area contributed by atoms with Gasteiger partial charge in [0, 0.05) is 5.69 Å². The van der Waals surface area contributed by atoms with Crippen LogP contribution in [0.4, 0.5) is 5.69 Å². The molecule has 0 aliphatic rings. The number of aryl methyl sites for hydroxylation is 2. The molecule has 8 heteroatoms. The van der Waals surface area contributed by atoms with Crippen LogP contribution in [0, 0.1) is 13.8 Å². The lowest BCUT2D eigenvalue weighted by Gasteiger charge is -2.06. The number of thioether (sulfide) groups is 1. The minimum Gasteiger partial charge on any atom is -0.482 e. The lowest BCUT2D eigenvalue weighted by Crippen LogP contribution is -2.14. The number of halogens is 1. The van der Waals surface area contributed by atoms with E-state index in [-0.39, 0.29) is 18.3 Å². The van der Waals surface area contributed by atoms with Crippen LogP contribution in [0.3, 0.4) is 0 Å². The summed E-state index contributed by atoms with van der Waals surface area (Å²) in [6.45, 7) is 4.13. The number of carbonyl (C=O) groups is 1. The van der Waals surface area contributed by atoms with Crippen LogP contribution < -0.4 is 10.1 Å². The normalized spacial score (nSPS) is 10.6. The second-order valence-electron chi connectivity index (χ2n) is 5.82. The van der Waals surface area contributed by atoms with Crippen molar-refractivity contribution in [1.82, 2.24) is 10.2 Å². The molecular formula is C19H18ClN3O3S. The van der Waals surface area contributed by atoms with Crippen molar-refractivity contribution >= 4 is 35.0 Å². The van der Waals surface area contributed by atoms with Crippen molar-refractivity contribution in [2.45, 2.75) is 25.7 Å². The molecule has 0 saturated carbocycles. The summed E-state index contributed by atoms with van der Waals surface area (Å²) < 4.78 is 11.0. The van der Waals surface area contributed by atoms with Crippen molar-refractivity contribution in [3.8, 4) is 5.75 Å². The highest BCUT2D eigenvalue weighted by Gasteiger charge is 2.11. The van der Waals surface area contributed by atoms with Crippen molar-refractivity contribution < 1.29 is 13.9 Å². The first-order valence-corrected chi connectivity index (χ1v) is 9.57. The Kier molecular flexibility index (Phi) is 6.36. The number of hydrogen-bond acceptors (Lipinski definition) is 6. The Morgan fingerprint density at radius 1 is 1.19 bits per heavy atom. The summed E-state index contributed by atoms with van der Waals surface area (Å²) in [7, 11) is 0. The van der Waals surface area contributed by atoms with Crippen molar-refractivity contribution in [2.75, 3.05) is 11.1 Å². The maximum Gasteiger partial charge on any atom is 0.277 e. The van der Waals surface area contributed by atoms with Gasteiger partial charge < -0.3 is 14.5 Å². The standard InChI is InChI=1S/C19H18ClN3O3S/c1-12-7-8-14(9-13(12)2)21-17(24)11-27-19-23-22-18(26-19)10-25-16-6-4-3-5-15(16)20/h3-9H,10-11H2,1-2H3,(H,21,24). The van der Waals surface area contributed by atoms with Gasteiger partial charge in [0.1, 0.15) is 5.75 Å². The lowest BCUT2D eigenvalue weighted by molar-refractivity contribution is -0.113. The first kappa shape index (κ1) is 19.3. The predicted octanol–water partition coefficient (Wildman–Crippen LogP) is 4.65. The van der Waals surface area contributed by atoms with E-state index in [1.54, 1.807) is 12.1 Å². The van der Waals surface area contributed by atoms with E-state index in [1.807, 2.05) is 44.2 Å². The average molecular weight is 404 g/mol. The predicted molar refractivity (Wildman–Crippen MR) is 105 cm³/mol. The van der Waals surface area contributed by atoms with Gasteiger partial charge in [0.05, 0.1) is 10.8 Å². The molecule has 0 saturated heterocycles. The Hall–Kier alpha value is -2.51. The number of aromatic nitrogens is 2. The second kappa shape index (κ2) is 8.92. The van der Waals surface area contributed by atoms with Gasteiger partial charge in [-0.15, -0.1) is 10.2 Å². The number of carbonyl (C=O) groups excluding carboxylic acids is 1. The van der Waals surface area contributed by atoms with Crippen LogP contribution >= 0.6 is 23.4 Å². The molecule has 0 spiro atoms. The Balaban J connectivity index is 1.48. The fraction of sp³-hybridized carbons (Fsp3) is 0.211. The molecule has 3 rings (SSSR count). The molecule has 140 valence electrons. The third-order valence-electron chi connectivity index (χ3n) is 3.75. The fourth-order valence-corrected chi connectivity index (χ4v) is 2.97. The molecule has 1 heterocycles. The number of ether oxygens (including phenoxy) is 1. The largest absolute Gasteiger partial charge is 0.482 e. The minimum absolute atomic E-state index is 0.103. The summed E-state index contributed by atoms with van der Waals surface area (Å²) in [5.74, 6) is 0.876. The zero-order valence-electron chi connectivity index (χ0n) is 14.9. The third kappa shape index (κ3) is 5.48. The summed E-state index contributed by atoms with van der Waals surface area (Å²) in [4.78, 5) is 12.1. The molecular weight excluding hydrogens is 386 g/mol. The number of benzene rings is 2. The number of para-hydroxylation sites is 1. The van der Waals surface area contributed by atoms with Crippen LogP contribution in [0.25, 0.3) is 0 Å². The number of amides is 1. The van der Waals surface area contributed by atoms with E-state index in [0.29, 0.717) is 21.9 Å². The van der Waals surface area contributed by atoms with Gasteiger partial charge in [-0.2, -0.15) is 0 Å². The molecule has 0 radical (unpaired) electrons. The van der Waals surface area contributed by atoms with Crippen molar-refractivity contribution in [2.24, 2.45) is 0 Å². The first-order valence-electron chi connectivity index (χ1n) is 8.21. The number of rotatable bonds is 7. The van der Waals surface area contributed by atoms with Crippen LogP contribution in [-0.2, 0) is 11.4 Å². The van der Waals surface area contributed by atoms with E-state index in [4.69, 9.17) is 20.8 Å². The van der Waals surface area contributed by atoms with Crippen LogP contribution in [-0.4, -0.2) is 21.9 Å². The highest BCUT2D eigenvalue weighted by atomic mass is 35.5. The molecule has 1 N–H and O–H groups in total. The fourth-order valence-electron chi connectivity index (χ4n) is 2.20. The SMILES string of the molecule is Cc1ccc(NC(=O)CSc2nnc(COc3ccccc3Cl)o2)cc1C. The van der Waals surface area contributed by atoms with Crippen molar-refractivity contribution in [1.29, 1.82) is 0 Å². The van der Waals surface area contributed by atoms with Gasteiger partial charge in [0.15, 0.2) is 6.61 Å². The zero-order valence-corrected chi connectivity index (χ0v) is 16.4. The van der Waals surface area contributed by atoms with Gasteiger partial charge in [0.25, 0.3) is 11.1 Å². The number of hydrogen-bond donors (Lipinski definition) is 1. The third-order valence-corrected chi connectivity index (χ3v) is 4.88. The molecule has 6 nitrogen and oxygen atoms in total. The second-order valence-corrected chi connectivity index (χ2v) is 7.15. The molecule has 0 bridgehead atoms. The summed E-state index contributed by atoms with van der Waals surface area (Å²) >= 11 is 7.19. The monoisotopic (exact) mass is 403 g/mol. The summed E-state index contributed by atoms with van der Waals surface area (Å²) in [5, 5.41) is 11.5. The van der Waals surface area contributed by atoms with E-state index >= 15 is 0 Å². The molecule has 2 aromatic carbocycles. The Labute approximate surface area is 166 Å². The number of nitrogens with one attached hydrogen (secondary N) is 1. The highest BCUT2D eigenvalue weighted by Crippen LogP contribution is 2.24. The van der Waals surface area contributed by atoms with E-state index in [2.05, 4.69) is 15.5 Å².